The summed E-state index contributed by atoms with van der Waals surface area (Å²) in [4.78, 5) is 0. The fraction of sp³-hybridized carbons (Fsp3) is 0.500. The monoisotopic (exact) mass is 275 g/mol. The average molecular weight is 276 g/mol. The van der Waals surface area contributed by atoms with E-state index in [1.807, 2.05) is 31.2 Å². The number of rotatable bonds is 7. The highest BCUT2D eigenvalue weighted by Crippen LogP contribution is 2.11. The lowest BCUT2D eigenvalue weighted by atomic mass is 10.1. The highest BCUT2D eigenvalue weighted by molar-refractivity contribution is 7.89. The first-order valence-corrected chi connectivity index (χ1v) is 7.78. The normalized spacial score (nSPS) is 11.6. The van der Waals surface area contributed by atoms with Crippen LogP contribution in [0.4, 0.5) is 0 Å². The topological polar surface area (TPSA) is 46.2 Å². The maximum absolute atomic E-state index is 11.4. The fourth-order valence-corrected chi connectivity index (χ4v) is 2.90. The van der Waals surface area contributed by atoms with E-state index in [-0.39, 0.29) is 5.75 Å². The third kappa shape index (κ3) is 6.05. The standard InChI is InChI=1S/C12H18ClNO2S/c1-2-9-17(15,16)14-8-4-6-11-5-3-7-12(13)10-11/h3,5,7,10,14H,2,4,6,8-9H2,1H3. The first kappa shape index (κ1) is 14.5. The second-order valence-corrected chi connectivity index (χ2v) is 6.31. The lowest BCUT2D eigenvalue weighted by Gasteiger charge is -2.05. The Morgan fingerprint density at radius 2 is 2.12 bits per heavy atom. The second-order valence-electron chi connectivity index (χ2n) is 3.95. The molecule has 0 saturated heterocycles. The molecule has 0 amide bonds. The Morgan fingerprint density at radius 3 is 2.76 bits per heavy atom. The van der Waals surface area contributed by atoms with E-state index in [9.17, 15) is 8.42 Å². The van der Waals surface area contributed by atoms with Gasteiger partial charge in [0, 0.05) is 11.6 Å². The van der Waals surface area contributed by atoms with Crippen molar-refractivity contribution in [2.24, 2.45) is 0 Å². The van der Waals surface area contributed by atoms with E-state index in [2.05, 4.69) is 4.72 Å². The summed E-state index contributed by atoms with van der Waals surface area (Å²) in [6, 6.07) is 7.63. The number of benzene rings is 1. The third-order valence-corrected chi connectivity index (χ3v) is 4.15. The smallest absolute Gasteiger partial charge is 0.211 e. The highest BCUT2D eigenvalue weighted by atomic mass is 35.5. The molecule has 0 unspecified atom stereocenters. The lowest BCUT2D eigenvalue weighted by Crippen LogP contribution is -2.27. The Labute approximate surface area is 108 Å². The number of nitrogens with one attached hydrogen (secondary N) is 1. The van der Waals surface area contributed by atoms with Crippen LogP contribution in [0.1, 0.15) is 25.3 Å². The predicted molar refractivity (Wildman–Crippen MR) is 71.9 cm³/mol. The molecule has 0 fully saturated rings. The quantitative estimate of drug-likeness (QED) is 0.778. The predicted octanol–water partition coefficient (Wildman–Crippen LogP) is 2.60. The van der Waals surface area contributed by atoms with E-state index < -0.39 is 10.0 Å². The zero-order valence-corrected chi connectivity index (χ0v) is 11.5. The Morgan fingerprint density at radius 1 is 1.35 bits per heavy atom. The first-order chi connectivity index (χ1) is 8.03. The maximum atomic E-state index is 11.4. The van der Waals surface area contributed by atoms with Gasteiger partial charge in [-0.25, -0.2) is 13.1 Å². The molecule has 0 atom stereocenters. The van der Waals surface area contributed by atoms with E-state index in [1.165, 1.54) is 0 Å². The minimum atomic E-state index is -3.07. The van der Waals surface area contributed by atoms with Crippen LogP contribution in [0.2, 0.25) is 5.02 Å². The third-order valence-electron chi connectivity index (χ3n) is 2.33. The molecule has 17 heavy (non-hydrogen) atoms. The summed E-state index contributed by atoms with van der Waals surface area (Å²) >= 11 is 5.86. The van der Waals surface area contributed by atoms with Gasteiger partial charge in [-0.2, -0.15) is 0 Å². The van der Waals surface area contributed by atoms with Gasteiger partial charge in [-0.3, -0.25) is 0 Å². The molecule has 0 bridgehead atoms. The summed E-state index contributed by atoms with van der Waals surface area (Å²) in [5.41, 5.74) is 1.13. The van der Waals surface area contributed by atoms with Crippen molar-refractivity contribution in [2.45, 2.75) is 26.2 Å². The van der Waals surface area contributed by atoms with Crippen LogP contribution >= 0.6 is 11.6 Å². The molecule has 1 rings (SSSR count). The first-order valence-electron chi connectivity index (χ1n) is 5.75. The molecule has 0 heterocycles. The SMILES string of the molecule is CCCS(=O)(=O)NCCCc1cccc(Cl)c1. The summed E-state index contributed by atoms with van der Waals surface area (Å²) in [5, 5.41) is 0.717. The number of halogens is 1. The van der Waals surface area contributed by atoms with Crippen molar-refractivity contribution >= 4 is 21.6 Å². The van der Waals surface area contributed by atoms with E-state index in [4.69, 9.17) is 11.6 Å². The Bertz CT molecular complexity index is 446. The minimum absolute atomic E-state index is 0.199. The van der Waals surface area contributed by atoms with Crippen LogP contribution in [0, 0.1) is 0 Å². The molecule has 3 nitrogen and oxygen atoms in total. The number of hydrogen-bond acceptors (Lipinski definition) is 2. The zero-order valence-electron chi connectivity index (χ0n) is 9.95. The zero-order chi connectivity index (χ0) is 12.7. The molecule has 0 aromatic heterocycles. The molecule has 0 aliphatic heterocycles. The molecule has 0 aliphatic carbocycles. The average Bonchev–Trinajstić information content (AvgIpc) is 2.24. The van der Waals surface area contributed by atoms with E-state index in [0.29, 0.717) is 18.0 Å². The summed E-state index contributed by atoms with van der Waals surface area (Å²) in [6.45, 7) is 2.33. The lowest BCUT2D eigenvalue weighted by molar-refractivity contribution is 0.577. The van der Waals surface area contributed by atoms with E-state index in [0.717, 1.165) is 18.4 Å². The van der Waals surface area contributed by atoms with E-state index in [1.54, 1.807) is 0 Å². The Kier molecular flexibility index (Phi) is 5.95. The van der Waals surface area contributed by atoms with Gasteiger partial charge in [0.05, 0.1) is 5.75 Å². The molecule has 0 radical (unpaired) electrons. The van der Waals surface area contributed by atoms with Crippen molar-refractivity contribution in [3.8, 4) is 0 Å². The number of sulfonamides is 1. The molecule has 0 aliphatic rings. The van der Waals surface area contributed by atoms with Crippen LogP contribution in [0.5, 0.6) is 0 Å². The van der Waals surface area contributed by atoms with Gasteiger partial charge < -0.3 is 0 Å². The van der Waals surface area contributed by atoms with Crippen LogP contribution in [-0.2, 0) is 16.4 Å². The second kappa shape index (κ2) is 6.99. The van der Waals surface area contributed by atoms with Crippen LogP contribution in [0.3, 0.4) is 0 Å². The van der Waals surface area contributed by atoms with Crippen LogP contribution in [0.15, 0.2) is 24.3 Å². The molecular formula is C12H18ClNO2S. The number of aryl methyl sites for hydroxylation is 1. The molecule has 96 valence electrons. The van der Waals surface area contributed by atoms with Crippen LogP contribution < -0.4 is 4.72 Å². The largest absolute Gasteiger partial charge is 0.215 e. The summed E-state index contributed by atoms with van der Waals surface area (Å²) in [6.07, 6.45) is 2.25. The van der Waals surface area contributed by atoms with Gasteiger partial charge in [-0.1, -0.05) is 30.7 Å². The summed E-state index contributed by atoms with van der Waals surface area (Å²) in [7, 11) is -3.07. The van der Waals surface area contributed by atoms with Gasteiger partial charge in [-0.05, 0) is 37.0 Å². The van der Waals surface area contributed by atoms with E-state index >= 15 is 0 Å². The van der Waals surface area contributed by atoms with Gasteiger partial charge in [0.25, 0.3) is 0 Å². The van der Waals surface area contributed by atoms with Gasteiger partial charge in [0.15, 0.2) is 0 Å². The Hall–Kier alpha value is -0.580. The van der Waals surface area contributed by atoms with Crippen molar-refractivity contribution in [3.63, 3.8) is 0 Å². The molecule has 1 N–H and O–H groups in total. The summed E-state index contributed by atoms with van der Waals surface area (Å²) < 4.78 is 25.3. The van der Waals surface area contributed by atoms with Crippen molar-refractivity contribution in [1.82, 2.24) is 4.72 Å². The molecule has 1 aromatic rings. The Balaban J connectivity index is 2.29. The van der Waals surface area contributed by atoms with Crippen molar-refractivity contribution < 1.29 is 8.42 Å². The molecule has 1 aromatic carbocycles. The van der Waals surface area contributed by atoms with Crippen LogP contribution in [0.25, 0.3) is 0 Å². The molecule has 5 heteroatoms. The number of hydrogen-bond donors (Lipinski definition) is 1. The van der Waals surface area contributed by atoms with Crippen molar-refractivity contribution in [1.29, 1.82) is 0 Å². The maximum Gasteiger partial charge on any atom is 0.211 e. The van der Waals surface area contributed by atoms with Crippen molar-refractivity contribution in [3.05, 3.63) is 34.9 Å². The molecule has 0 saturated carbocycles. The fourth-order valence-electron chi connectivity index (χ4n) is 1.55. The summed E-state index contributed by atoms with van der Waals surface area (Å²) in [5.74, 6) is 0.199. The van der Waals surface area contributed by atoms with Crippen LogP contribution in [-0.4, -0.2) is 20.7 Å². The van der Waals surface area contributed by atoms with Crippen molar-refractivity contribution in [2.75, 3.05) is 12.3 Å². The van der Waals surface area contributed by atoms with Gasteiger partial charge in [-0.15, -0.1) is 0 Å². The highest BCUT2D eigenvalue weighted by Gasteiger charge is 2.06. The minimum Gasteiger partial charge on any atom is -0.215 e. The molecular weight excluding hydrogens is 258 g/mol. The molecule has 0 spiro atoms. The van der Waals surface area contributed by atoms with Gasteiger partial charge in [0.1, 0.15) is 0 Å². The van der Waals surface area contributed by atoms with Gasteiger partial charge >= 0.3 is 0 Å². The van der Waals surface area contributed by atoms with Gasteiger partial charge in [0.2, 0.25) is 10.0 Å².